The lowest BCUT2D eigenvalue weighted by atomic mass is 9.73. The predicted molar refractivity (Wildman–Crippen MR) is 117 cm³/mol. The summed E-state index contributed by atoms with van der Waals surface area (Å²) in [5.74, 6) is -0.0670. The molecular weight excluding hydrogens is 384 g/mol. The number of benzene rings is 1. The van der Waals surface area contributed by atoms with Crippen LogP contribution >= 0.6 is 11.6 Å². The molecule has 0 N–H and O–H groups in total. The average molecular weight is 415 g/mol. The number of carbonyl (C=O) groups is 1. The number of aryl methyl sites for hydroxylation is 1. The maximum Gasteiger partial charge on any atom is 0.312 e. The van der Waals surface area contributed by atoms with Crippen LogP contribution in [0.3, 0.4) is 0 Å². The molecule has 1 atom stereocenters. The Morgan fingerprint density at radius 3 is 2.55 bits per heavy atom. The largest absolute Gasteiger partial charge is 0.466 e. The average Bonchev–Trinajstić information content (AvgIpc) is 2.70. The van der Waals surface area contributed by atoms with Crippen molar-refractivity contribution in [1.82, 2.24) is 9.88 Å². The van der Waals surface area contributed by atoms with Crippen molar-refractivity contribution < 1.29 is 9.53 Å². The molecule has 156 valence electrons. The number of ether oxygens (including phenoxy) is 1. The predicted octanol–water partition coefficient (Wildman–Crippen LogP) is 4.86. The van der Waals surface area contributed by atoms with Crippen LogP contribution in [0.1, 0.15) is 43.5 Å². The third kappa shape index (κ3) is 5.58. The second-order valence-corrected chi connectivity index (χ2v) is 8.65. The molecular formula is C24H31ClN2O2. The Hall–Kier alpha value is -1.91. The van der Waals surface area contributed by atoms with Gasteiger partial charge in [0.1, 0.15) is 0 Å². The number of nitrogens with zero attached hydrogens (tertiary/aromatic N) is 2. The van der Waals surface area contributed by atoms with Crippen LogP contribution in [0.15, 0.2) is 42.6 Å². The summed E-state index contributed by atoms with van der Waals surface area (Å²) in [7, 11) is 0. The van der Waals surface area contributed by atoms with Gasteiger partial charge in [0.2, 0.25) is 0 Å². The second kappa shape index (κ2) is 9.73. The lowest BCUT2D eigenvalue weighted by Gasteiger charge is -2.42. The standard InChI is InChI=1S/C24H31ClN2O2/c1-4-29-23(28)24(17-20-5-7-21(25)8-6-20)10-13-27(14-11-24)19(3)16-22-15-18(2)9-12-26-22/h5-9,12,15,19H,4,10-11,13-14,16-17H2,1-3H3/t19-/m1/s1. The van der Waals surface area contributed by atoms with Gasteiger partial charge >= 0.3 is 5.97 Å². The van der Waals surface area contributed by atoms with Crippen molar-refractivity contribution in [3.8, 4) is 0 Å². The summed E-state index contributed by atoms with van der Waals surface area (Å²) in [6.07, 6.45) is 5.11. The lowest BCUT2D eigenvalue weighted by Crippen LogP contribution is -2.49. The molecule has 0 saturated carbocycles. The highest BCUT2D eigenvalue weighted by atomic mass is 35.5. The number of halogens is 1. The zero-order chi connectivity index (χ0) is 20.9. The monoisotopic (exact) mass is 414 g/mol. The van der Waals surface area contributed by atoms with Gasteiger partial charge in [-0.15, -0.1) is 0 Å². The minimum absolute atomic E-state index is 0.0670. The van der Waals surface area contributed by atoms with Crippen LogP contribution in [0.5, 0.6) is 0 Å². The first-order valence-corrected chi connectivity index (χ1v) is 10.9. The molecule has 1 aliphatic rings. The minimum Gasteiger partial charge on any atom is -0.466 e. The van der Waals surface area contributed by atoms with Crippen molar-refractivity contribution in [3.05, 3.63) is 64.4 Å². The van der Waals surface area contributed by atoms with Crippen LogP contribution in [-0.4, -0.2) is 41.6 Å². The van der Waals surface area contributed by atoms with Crippen molar-refractivity contribution in [2.24, 2.45) is 5.41 Å². The Kier molecular flexibility index (Phi) is 7.31. The molecule has 29 heavy (non-hydrogen) atoms. The number of rotatable bonds is 7. The van der Waals surface area contributed by atoms with Gasteiger partial charge in [-0.1, -0.05) is 23.7 Å². The van der Waals surface area contributed by atoms with Crippen LogP contribution in [0.2, 0.25) is 5.02 Å². The first-order valence-electron chi connectivity index (χ1n) is 10.5. The molecule has 0 spiro atoms. The van der Waals surface area contributed by atoms with Gasteiger partial charge in [0.25, 0.3) is 0 Å². The number of carbonyl (C=O) groups excluding carboxylic acids is 1. The van der Waals surface area contributed by atoms with Gasteiger partial charge in [0, 0.05) is 29.4 Å². The molecule has 1 fully saturated rings. The van der Waals surface area contributed by atoms with E-state index in [2.05, 4.69) is 29.8 Å². The van der Waals surface area contributed by atoms with E-state index in [1.54, 1.807) is 0 Å². The highest BCUT2D eigenvalue weighted by molar-refractivity contribution is 6.30. The van der Waals surface area contributed by atoms with Crippen LogP contribution in [-0.2, 0) is 22.4 Å². The van der Waals surface area contributed by atoms with Gasteiger partial charge in [-0.3, -0.25) is 9.78 Å². The van der Waals surface area contributed by atoms with Crippen LogP contribution in [0.25, 0.3) is 0 Å². The number of hydrogen-bond acceptors (Lipinski definition) is 4. The van der Waals surface area contributed by atoms with E-state index in [4.69, 9.17) is 16.3 Å². The molecule has 1 aromatic heterocycles. The number of likely N-dealkylation sites (tertiary alicyclic amines) is 1. The summed E-state index contributed by atoms with van der Waals surface area (Å²) < 4.78 is 5.49. The first kappa shape index (κ1) is 21.8. The molecule has 1 saturated heterocycles. The van der Waals surface area contributed by atoms with Gasteiger partial charge in [0.05, 0.1) is 12.0 Å². The minimum atomic E-state index is -0.457. The van der Waals surface area contributed by atoms with Crippen LogP contribution < -0.4 is 0 Å². The molecule has 2 aromatic rings. The van der Waals surface area contributed by atoms with Crippen molar-refractivity contribution in [3.63, 3.8) is 0 Å². The fourth-order valence-corrected chi connectivity index (χ4v) is 4.39. The Morgan fingerprint density at radius 1 is 1.24 bits per heavy atom. The summed E-state index contributed by atoms with van der Waals surface area (Å²) >= 11 is 6.03. The normalized spacial score (nSPS) is 17.7. The molecule has 0 unspecified atom stereocenters. The zero-order valence-corrected chi connectivity index (χ0v) is 18.4. The fraction of sp³-hybridized carbons (Fsp3) is 0.500. The van der Waals surface area contributed by atoms with Crippen molar-refractivity contribution in [2.75, 3.05) is 19.7 Å². The summed E-state index contributed by atoms with van der Waals surface area (Å²) in [5, 5.41) is 0.715. The fourth-order valence-electron chi connectivity index (χ4n) is 4.27. The number of esters is 1. The Bertz CT molecular complexity index is 814. The Balaban J connectivity index is 1.68. The van der Waals surface area contributed by atoms with Gasteiger partial charge in [-0.05, 0) is 88.5 Å². The topological polar surface area (TPSA) is 42.4 Å². The van der Waals surface area contributed by atoms with Crippen LogP contribution in [0, 0.1) is 12.3 Å². The van der Waals surface area contributed by atoms with Gasteiger partial charge in [-0.2, -0.15) is 0 Å². The molecule has 1 aromatic carbocycles. The molecule has 1 aliphatic heterocycles. The molecule has 0 bridgehead atoms. The molecule has 3 rings (SSSR count). The molecule has 0 radical (unpaired) electrons. The zero-order valence-electron chi connectivity index (χ0n) is 17.7. The van der Waals surface area contributed by atoms with Crippen molar-refractivity contribution in [2.45, 2.75) is 52.5 Å². The third-order valence-electron chi connectivity index (χ3n) is 6.02. The summed E-state index contributed by atoms with van der Waals surface area (Å²) in [6, 6.07) is 12.4. The highest BCUT2D eigenvalue weighted by Gasteiger charge is 2.43. The second-order valence-electron chi connectivity index (χ2n) is 8.22. The van der Waals surface area contributed by atoms with Crippen LogP contribution in [0.4, 0.5) is 0 Å². The Labute approximate surface area is 179 Å². The van der Waals surface area contributed by atoms with E-state index < -0.39 is 5.41 Å². The van der Waals surface area contributed by atoms with Gasteiger partial charge < -0.3 is 9.64 Å². The van der Waals surface area contributed by atoms with E-state index in [1.807, 2.05) is 43.5 Å². The lowest BCUT2D eigenvalue weighted by molar-refractivity contribution is -0.159. The van der Waals surface area contributed by atoms with E-state index in [0.29, 0.717) is 24.1 Å². The molecule has 0 amide bonds. The maximum atomic E-state index is 12.9. The summed E-state index contributed by atoms with van der Waals surface area (Å²) in [6.45, 7) is 8.42. The first-order chi connectivity index (χ1) is 13.9. The number of aromatic nitrogens is 1. The Morgan fingerprint density at radius 2 is 1.93 bits per heavy atom. The number of pyridine rings is 1. The van der Waals surface area contributed by atoms with E-state index in [1.165, 1.54) is 5.56 Å². The number of hydrogen-bond donors (Lipinski definition) is 0. The molecule has 2 heterocycles. The number of piperidine rings is 1. The highest BCUT2D eigenvalue weighted by Crippen LogP contribution is 2.37. The van der Waals surface area contributed by atoms with E-state index >= 15 is 0 Å². The SMILES string of the molecule is CCOC(=O)C1(Cc2ccc(Cl)cc2)CCN([C@H](C)Cc2cc(C)ccn2)CC1. The van der Waals surface area contributed by atoms with Crippen molar-refractivity contribution in [1.29, 1.82) is 0 Å². The summed E-state index contributed by atoms with van der Waals surface area (Å²) in [4.78, 5) is 19.9. The molecule has 5 heteroatoms. The summed E-state index contributed by atoms with van der Waals surface area (Å²) in [5.41, 5.74) is 3.04. The van der Waals surface area contributed by atoms with E-state index in [0.717, 1.165) is 43.6 Å². The van der Waals surface area contributed by atoms with Gasteiger partial charge in [-0.25, -0.2) is 0 Å². The molecule has 4 nitrogen and oxygen atoms in total. The third-order valence-corrected chi connectivity index (χ3v) is 6.27. The van der Waals surface area contributed by atoms with E-state index in [-0.39, 0.29) is 5.97 Å². The van der Waals surface area contributed by atoms with Gasteiger partial charge in [0.15, 0.2) is 0 Å². The molecule has 0 aliphatic carbocycles. The van der Waals surface area contributed by atoms with Crippen molar-refractivity contribution >= 4 is 17.6 Å². The maximum absolute atomic E-state index is 12.9. The quantitative estimate of drug-likeness (QED) is 0.606. The smallest absolute Gasteiger partial charge is 0.312 e. The van der Waals surface area contributed by atoms with E-state index in [9.17, 15) is 4.79 Å².